The summed E-state index contributed by atoms with van der Waals surface area (Å²) >= 11 is 0. The molecule has 0 aliphatic heterocycles. The van der Waals surface area contributed by atoms with E-state index in [4.69, 9.17) is 5.11 Å². The molecule has 1 unspecified atom stereocenters. The van der Waals surface area contributed by atoms with E-state index in [-0.39, 0.29) is 18.2 Å². The molecule has 0 aromatic rings. The first-order chi connectivity index (χ1) is 8.56. The summed E-state index contributed by atoms with van der Waals surface area (Å²) in [6, 6.07) is 0. The summed E-state index contributed by atoms with van der Waals surface area (Å²) in [6.45, 7) is 4.70. The molecule has 0 aromatic heterocycles. The van der Waals surface area contributed by atoms with Gasteiger partial charge in [-0.15, -0.1) is 0 Å². The summed E-state index contributed by atoms with van der Waals surface area (Å²) in [4.78, 5) is 21.9. The molecule has 2 N–H and O–H groups in total. The number of hydrogen-bond donors (Lipinski definition) is 2. The van der Waals surface area contributed by atoms with E-state index in [0.29, 0.717) is 13.0 Å². The molecule has 4 heteroatoms. The highest BCUT2D eigenvalue weighted by molar-refractivity contribution is 5.77. The number of carbonyl (C=O) groups is 2. The predicted octanol–water partition coefficient (Wildman–Crippen LogP) is 2.96. The summed E-state index contributed by atoms with van der Waals surface area (Å²) in [5.41, 5.74) is 0. The van der Waals surface area contributed by atoms with Crippen LogP contribution in [0.2, 0.25) is 0 Å². The number of unbranched alkanes of at least 4 members (excludes halogenated alkanes) is 5. The van der Waals surface area contributed by atoms with Gasteiger partial charge in [0.05, 0.1) is 0 Å². The van der Waals surface area contributed by atoms with Gasteiger partial charge in [-0.2, -0.15) is 0 Å². The quantitative estimate of drug-likeness (QED) is 0.559. The molecule has 0 aromatic carbocycles. The molecular formula is C14H27NO3. The fraction of sp³-hybridized carbons (Fsp3) is 0.857. The first-order valence-electron chi connectivity index (χ1n) is 7.04. The van der Waals surface area contributed by atoms with E-state index < -0.39 is 5.97 Å². The molecule has 1 amide bonds. The smallest absolute Gasteiger partial charge is 0.303 e. The van der Waals surface area contributed by atoms with Gasteiger partial charge in [-0.25, -0.2) is 0 Å². The first-order valence-corrected chi connectivity index (χ1v) is 7.04. The fourth-order valence-electron chi connectivity index (χ4n) is 1.89. The van der Waals surface area contributed by atoms with Gasteiger partial charge < -0.3 is 10.4 Å². The van der Waals surface area contributed by atoms with E-state index in [2.05, 4.69) is 12.2 Å². The van der Waals surface area contributed by atoms with E-state index in [9.17, 15) is 9.59 Å². The van der Waals surface area contributed by atoms with Crippen LogP contribution in [0.25, 0.3) is 0 Å². The third-order valence-corrected chi connectivity index (χ3v) is 2.91. The molecule has 0 rings (SSSR count). The van der Waals surface area contributed by atoms with Crippen molar-refractivity contribution in [1.82, 2.24) is 5.32 Å². The number of aliphatic carboxylic acids is 1. The van der Waals surface area contributed by atoms with Crippen LogP contribution in [0.1, 0.15) is 65.2 Å². The maximum absolute atomic E-state index is 11.5. The van der Waals surface area contributed by atoms with Crippen LogP contribution in [-0.2, 0) is 9.59 Å². The Morgan fingerprint density at radius 1 is 1.06 bits per heavy atom. The zero-order valence-corrected chi connectivity index (χ0v) is 11.7. The number of carbonyl (C=O) groups excluding carboxylic acids is 1. The first kappa shape index (κ1) is 16.9. The molecule has 0 radical (unpaired) electrons. The minimum absolute atomic E-state index is 0.0303. The Bertz CT molecular complexity index is 241. The Hall–Kier alpha value is -1.06. The average Bonchev–Trinajstić information content (AvgIpc) is 2.26. The minimum atomic E-state index is -0.841. The van der Waals surface area contributed by atoms with Gasteiger partial charge in [-0.05, 0) is 12.3 Å². The molecule has 18 heavy (non-hydrogen) atoms. The maximum Gasteiger partial charge on any atom is 0.303 e. The highest BCUT2D eigenvalue weighted by atomic mass is 16.4. The largest absolute Gasteiger partial charge is 0.481 e. The lowest BCUT2D eigenvalue weighted by Crippen LogP contribution is -2.26. The monoisotopic (exact) mass is 257 g/mol. The SMILES string of the molecule is CCCCCCCCNC(=O)CC(C)CC(=O)O. The molecule has 0 saturated heterocycles. The number of rotatable bonds is 11. The molecular weight excluding hydrogens is 230 g/mol. The molecule has 0 aliphatic rings. The van der Waals surface area contributed by atoms with Crippen LogP contribution in [0, 0.1) is 5.92 Å². The van der Waals surface area contributed by atoms with Crippen LogP contribution in [0.3, 0.4) is 0 Å². The molecule has 0 spiro atoms. The van der Waals surface area contributed by atoms with Crippen molar-refractivity contribution in [3.05, 3.63) is 0 Å². The van der Waals surface area contributed by atoms with Gasteiger partial charge in [0.1, 0.15) is 0 Å². The third kappa shape index (κ3) is 11.4. The maximum atomic E-state index is 11.5. The van der Waals surface area contributed by atoms with Crippen LogP contribution in [0.15, 0.2) is 0 Å². The standard InChI is InChI=1S/C14H27NO3/c1-3-4-5-6-7-8-9-15-13(16)10-12(2)11-14(17)18/h12H,3-11H2,1-2H3,(H,15,16)(H,17,18). The average molecular weight is 257 g/mol. The van der Waals surface area contributed by atoms with Gasteiger partial charge in [0.25, 0.3) is 0 Å². The van der Waals surface area contributed by atoms with Crippen molar-refractivity contribution in [2.75, 3.05) is 6.54 Å². The molecule has 0 saturated carbocycles. The number of carboxylic acids is 1. The molecule has 0 bridgehead atoms. The molecule has 0 heterocycles. The van der Waals surface area contributed by atoms with Crippen molar-refractivity contribution in [2.24, 2.45) is 5.92 Å². The van der Waals surface area contributed by atoms with Crippen LogP contribution in [0.5, 0.6) is 0 Å². The van der Waals surface area contributed by atoms with E-state index in [1.54, 1.807) is 6.92 Å². The Kier molecular flexibility index (Phi) is 10.4. The lowest BCUT2D eigenvalue weighted by molar-refractivity contribution is -0.138. The molecule has 4 nitrogen and oxygen atoms in total. The second kappa shape index (κ2) is 11.1. The fourth-order valence-corrected chi connectivity index (χ4v) is 1.89. The van der Waals surface area contributed by atoms with E-state index in [0.717, 1.165) is 12.8 Å². The van der Waals surface area contributed by atoms with Gasteiger partial charge in [-0.1, -0.05) is 46.0 Å². The van der Waals surface area contributed by atoms with Crippen molar-refractivity contribution in [3.8, 4) is 0 Å². The summed E-state index contributed by atoms with van der Waals surface area (Å²) in [6.07, 6.45) is 7.59. The van der Waals surface area contributed by atoms with Crippen LogP contribution >= 0.6 is 0 Å². The predicted molar refractivity (Wildman–Crippen MR) is 72.4 cm³/mol. The van der Waals surface area contributed by atoms with Crippen LogP contribution < -0.4 is 5.32 Å². The molecule has 0 fully saturated rings. The highest BCUT2D eigenvalue weighted by Gasteiger charge is 2.11. The third-order valence-electron chi connectivity index (χ3n) is 2.91. The number of hydrogen-bond acceptors (Lipinski definition) is 2. The van der Waals surface area contributed by atoms with Crippen LogP contribution in [-0.4, -0.2) is 23.5 Å². The van der Waals surface area contributed by atoms with Crippen LogP contribution in [0.4, 0.5) is 0 Å². The minimum Gasteiger partial charge on any atom is -0.481 e. The lowest BCUT2D eigenvalue weighted by Gasteiger charge is -2.09. The zero-order valence-electron chi connectivity index (χ0n) is 11.7. The Labute approximate surface area is 110 Å². The second-order valence-corrected chi connectivity index (χ2v) is 5.02. The van der Waals surface area contributed by atoms with Gasteiger partial charge in [0.2, 0.25) is 5.91 Å². The molecule has 0 aliphatic carbocycles. The van der Waals surface area contributed by atoms with E-state index in [1.807, 2.05) is 0 Å². The summed E-state index contributed by atoms with van der Waals surface area (Å²) in [5, 5.41) is 11.4. The van der Waals surface area contributed by atoms with Crippen molar-refractivity contribution < 1.29 is 14.7 Å². The summed E-state index contributed by atoms with van der Waals surface area (Å²) in [7, 11) is 0. The lowest BCUT2D eigenvalue weighted by atomic mass is 10.0. The number of amides is 1. The zero-order chi connectivity index (χ0) is 13.8. The highest BCUT2D eigenvalue weighted by Crippen LogP contribution is 2.07. The van der Waals surface area contributed by atoms with Gasteiger partial charge in [0, 0.05) is 19.4 Å². The van der Waals surface area contributed by atoms with Crippen molar-refractivity contribution in [3.63, 3.8) is 0 Å². The summed E-state index contributed by atoms with van der Waals surface area (Å²) in [5.74, 6) is -0.962. The topological polar surface area (TPSA) is 66.4 Å². The van der Waals surface area contributed by atoms with Crippen molar-refractivity contribution in [1.29, 1.82) is 0 Å². The number of carboxylic acid groups (broad SMARTS) is 1. The molecule has 106 valence electrons. The Morgan fingerprint density at radius 2 is 1.67 bits per heavy atom. The van der Waals surface area contributed by atoms with Gasteiger partial charge in [0.15, 0.2) is 0 Å². The van der Waals surface area contributed by atoms with Crippen molar-refractivity contribution >= 4 is 11.9 Å². The molecule has 1 atom stereocenters. The number of nitrogens with one attached hydrogen (secondary N) is 1. The van der Waals surface area contributed by atoms with E-state index in [1.165, 1.54) is 25.7 Å². The van der Waals surface area contributed by atoms with Gasteiger partial charge >= 0.3 is 5.97 Å². The summed E-state index contributed by atoms with van der Waals surface area (Å²) < 4.78 is 0. The second-order valence-electron chi connectivity index (χ2n) is 5.02. The Balaban J connectivity index is 3.39. The van der Waals surface area contributed by atoms with E-state index >= 15 is 0 Å². The Morgan fingerprint density at radius 3 is 2.28 bits per heavy atom. The normalized spacial score (nSPS) is 12.1. The van der Waals surface area contributed by atoms with Gasteiger partial charge in [-0.3, -0.25) is 9.59 Å². The van der Waals surface area contributed by atoms with Crippen molar-refractivity contribution in [2.45, 2.75) is 65.2 Å².